The van der Waals surface area contributed by atoms with Crippen LogP contribution in [0.1, 0.15) is 33.6 Å². The van der Waals surface area contributed by atoms with E-state index in [1.165, 1.54) is 12.8 Å². The summed E-state index contributed by atoms with van der Waals surface area (Å²) in [6, 6.07) is 1.60. The molecule has 0 unspecified atom stereocenters. The van der Waals surface area contributed by atoms with E-state index in [1.807, 2.05) is 10.9 Å². The van der Waals surface area contributed by atoms with E-state index in [2.05, 4.69) is 25.7 Å². The van der Waals surface area contributed by atoms with E-state index in [0.29, 0.717) is 11.8 Å². The van der Waals surface area contributed by atoms with Gasteiger partial charge in [-0.15, -0.1) is 0 Å². The van der Waals surface area contributed by atoms with Gasteiger partial charge in [0, 0.05) is 18.9 Å². The molecule has 0 radical (unpaired) electrons. The molecule has 2 aromatic heterocycles. The SMILES string of the molecule is CC(C)(C)OC(=O)Nc1ccnc(Nc2cnn(CC3CC3)c2)n1. The number of ether oxygens (including phenoxy) is 1. The van der Waals surface area contributed by atoms with E-state index < -0.39 is 11.7 Å². The molecule has 2 N–H and O–H groups in total. The number of nitrogens with zero attached hydrogens (tertiary/aromatic N) is 4. The summed E-state index contributed by atoms with van der Waals surface area (Å²) in [6.07, 6.45) is 7.24. The van der Waals surface area contributed by atoms with Crippen LogP contribution in [-0.4, -0.2) is 31.4 Å². The van der Waals surface area contributed by atoms with E-state index in [1.54, 1.807) is 39.2 Å². The predicted octanol–water partition coefficient (Wildman–Crippen LogP) is 3.17. The molecule has 2 heterocycles. The fourth-order valence-corrected chi connectivity index (χ4v) is 2.12. The Balaban J connectivity index is 1.60. The van der Waals surface area contributed by atoms with Gasteiger partial charge in [-0.3, -0.25) is 10.00 Å². The average molecular weight is 330 g/mol. The fraction of sp³-hybridized carbons (Fsp3) is 0.500. The molecule has 1 amide bonds. The van der Waals surface area contributed by atoms with Gasteiger partial charge in [0.15, 0.2) is 0 Å². The molecular formula is C16H22N6O2. The maximum absolute atomic E-state index is 11.8. The number of rotatable bonds is 5. The first-order valence-electron chi connectivity index (χ1n) is 8.00. The minimum absolute atomic E-state index is 0.368. The first-order chi connectivity index (χ1) is 11.4. The topological polar surface area (TPSA) is 94.0 Å². The Kier molecular flexibility index (Phi) is 4.37. The average Bonchev–Trinajstić information content (AvgIpc) is 3.16. The highest BCUT2D eigenvalue weighted by Crippen LogP contribution is 2.30. The van der Waals surface area contributed by atoms with Crippen molar-refractivity contribution in [3.05, 3.63) is 24.7 Å². The zero-order valence-corrected chi connectivity index (χ0v) is 14.1. The lowest BCUT2D eigenvalue weighted by Crippen LogP contribution is -2.27. The summed E-state index contributed by atoms with van der Waals surface area (Å²) in [5.74, 6) is 1.51. The van der Waals surface area contributed by atoms with Crippen LogP contribution in [0.3, 0.4) is 0 Å². The lowest BCUT2D eigenvalue weighted by atomic mass is 10.2. The Morgan fingerprint density at radius 1 is 1.42 bits per heavy atom. The Labute approximate surface area is 140 Å². The van der Waals surface area contributed by atoms with E-state index in [0.717, 1.165) is 18.2 Å². The second kappa shape index (κ2) is 6.46. The summed E-state index contributed by atoms with van der Waals surface area (Å²) in [6.45, 7) is 6.36. The second-order valence-corrected chi connectivity index (χ2v) is 6.91. The summed E-state index contributed by atoms with van der Waals surface area (Å²) < 4.78 is 7.12. The molecule has 0 spiro atoms. The van der Waals surface area contributed by atoms with Crippen molar-refractivity contribution in [1.29, 1.82) is 0 Å². The first-order valence-corrected chi connectivity index (χ1v) is 8.00. The summed E-state index contributed by atoms with van der Waals surface area (Å²) in [7, 11) is 0. The second-order valence-electron chi connectivity index (χ2n) is 6.91. The largest absolute Gasteiger partial charge is 0.444 e. The third kappa shape index (κ3) is 4.94. The zero-order chi connectivity index (χ0) is 17.2. The quantitative estimate of drug-likeness (QED) is 0.874. The summed E-state index contributed by atoms with van der Waals surface area (Å²) in [5.41, 5.74) is 0.249. The molecule has 1 saturated carbocycles. The number of amides is 1. The molecule has 24 heavy (non-hydrogen) atoms. The van der Waals surface area contributed by atoms with Crippen LogP contribution in [0.2, 0.25) is 0 Å². The van der Waals surface area contributed by atoms with Gasteiger partial charge in [-0.05, 0) is 45.6 Å². The van der Waals surface area contributed by atoms with Gasteiger partial charge in [-0.1, -0.05) is 0 Å². The molecule has 1 aliphatic carbocycles. The Hall–Kier alpha value is -2.64. The van der Waals surface area contributed by atoms with Crippen molar-refractivity contribution in [3.63, 3.8) is 0 Å². The summed E-state index contributed by atoms with van der Waals surface area (Å²) in [5, 5.41) is 9.99. The third-order valence-corrected chi connectivity index (χ3v) is 3.32. The van der Waals surface area contributed by atoms with E-state index in [-0.39, 0.29) is 0 Å². The number of anilines is 3. The van der Waals surface area contributed by atoms with Gasteiger partial charge in [-0.25, -0.2) is 9.78 Å². The fourth-order valence-electron chi connectivity index (χ4n) is 2.12. The number of hydrogen-bond donors (Lipinski definition) is 2. The van der Waals surface area contributed by atoms with Crippen LogP contribution < -0.4 is 10.6 Å². The van der Waals surface area contributed by atoms with Gasteiger partial charge in [0.25, 0.3) is 0 Å². The highest BCUT2D eigenvalue weighted by atomic mass is 16.6. The first kappa shape index (κ1) is 16.2. The van der Waals surface area contributed by atoms with Crippen molar-refractivity contribution >= 4 is 23.5 Å². The zero-order valence-electron chi connectivity index (χ0n) is 14.1. The summed E-state index contributed by atoms with van der Waals surface area (Å²) >= 11 is 0. The third-order valence-electron chi connectivity index (χ3n) is 3.32. The van der Waals surface area contributed by atoms with Crippen LogP contribution in [-0.2, 0) is 11.3 Å². The van der Waals surface area contributed by atoms with Gasteiger partial charge < -0.3 is 10.1 Å². The number of hydrogen-bond acceptors (Lipinski definition) is 6. The van der Waals surface area contributed by atoms with Crippen LogP contribution in [0.25, 0.3) is 0 Å². The predicted molar refractivity (Wildman–Crippen MR) is 90.1 cm³/mol. The molecule has 8 heteroatoms. The minimum Gasteiger partial charge on any atom is -0.444 e. The van der Waals surface area contributed by atoms with Crippen molar-refractivity contribution in [3.8, 4) is 0 Å². The molecule has 8 nitrogen and oxygen atoms in total. The molecule has 3 rings (SSSR count). The van der Waals surface area contributed by atoms with Gasteiger partial charge in [-0.2, -0.15) is 10.1 Å². The van der Waals surface area contributed by atoms with Crippen molar-refractivity contribution in [2.24, 2.45) is 5.92 Å². The number of carbonyl (C=O) groups excluding carboxylic acids is 1. The van der Waals surface area contributed by atoms with Crippen LogP contribution in [0, 0.1) is 5.92 Å². The Bertz CT molecular complexity index is 717. The highest BCUT2D eigenvalue weighted by molar-refractivity contribution is 5.83. The molecule has 2 aromatic rings. The smallest absolute Gasteiger partial charge is 0.413 e. The van der Waals surface area contributed by atoms with E-state index in [4.69, 9.17) is 4.74 Å². The standard InChI is InChI=1S/C16H22N6O2/c1-16(2,3)24-15(23)21-13-6-7-17-14(20-13)19-12-8-18-22(10-12)9-11-4-5-11/h6-8,10-11H,4-5,9H2,1-3H3,(H2,17,19,20,21,23). The normalized spacial score (nSPS) is 14.3. The van der Waals surface area contributed by atoms with Crippen LogP contribution in [0.5, 0.6) is 0 Å². The Morgan fingerprint density at radius 2 is 2.21 bits per heavy atom. The molecule has 128 valence electrons. The van der Waals surface area contributed by atoms with Gasteiger partial charge in [0.2, 0.25) is 5.95 Å². The van der Waals surface area contributed by atoms with Crippen LogP contribution >= 0.6 is 0 Å². The van der Waals surface area contributed by atoms with E-state index >= 15 is 0 Å². The molecule has 1 fully saturated rings. The molecular weight excluding hydrogens is 308 g/mol. The lowest BCUT2D eigenvalue weighted by molar-refractivity contribution is 0.0635. The highest BCUT2D eigenvalue weighted by Gasteiger charge is 2.22. The molecule has 1 aliphatic rings. The van der Waals surface area contributed by atoms with Crippen LogP contribution in [0.4, 0.5) is 22.2 Å². The lowest BCUT2D eigenvalue weighted by Gasteiger charge is -2.19. The van der Waals surface area contributed by atoms with E-state index in [9.17, 15) is 4.79 Å². The maximum atomic E-state index is 11.8. The number of aromatic nitrogens is 4. The Morgan fingerprint density at radius 3 is 2.92 bits per heavy atom. The molecule has 0 saturated heterocycles. The number of carbonyl (C=O) groups is 1. The minimum atomic E-state index is -0.561. The monoisotopic (exact) mass is 330 g/mol. The van der Waals surface area contributed by atoms with Crippen molar-refractivity contribution in [1.82, 2.24) is 19.7 Å². The van der Waals surface area contributed by atoms with Gasteiger partial charge in [0.1, 0.15) is 11.4 Å². The molecule has 0 atom stereocenters. The van der Waals surface area contributed by atoms with Crippen molar-refractivity contribution in [2.45, 2.75) is 45.8 Å². The van der Waals surface area contributed by atoms with Gasteiger partial charge in [0.05, 0.1) is 11.9 Å². The number of nitrogens with one attached hydrogen (secondary N) is 2. The molecule has 0 aliphatic heterocycles. The molecule has 0 aromatic carbocycles. The molecule has 0 bridgehead atoms. The van der Waals surface area contributed by atoms with Crippen molar-refractivity contribution < 1.29 is 9.53 Å². The van der Waals surface area contributed by atoms with Crippen molar-refractivity contribution in [2.75, 3.05) is 10.6 Å². The van der Waals surface area contributed by atoms with Gasteiger partial charge >= 0.3 is 6.09 Å². The maximum Gasteiger partial charge on any atom is 0.413 e. The summed E-state index contributed by atoms with van der Waals surface area (Å²) in [4.78, 5) is 20.2. The van der Waals surface area contributed by atoms with Crippen LogP contribution in [0.15, 0.2) is 24.7 Å².